The molecule has 6 heteroatoms. The third kappa shape index (κ3) is 3.38. The molecule has 1 N–H and O–H groups in total. The first-order valence-corrected chi connectivity index (χ1v) is 8.86. The number of rotatable bonds is 6. The van der Waals surface area contributed by atoms with Crippen LogP contribution in [0.5, 0.6) is 0 Å². The number of nitrogens with one attached hydrogen (secondary N) is 1. The fourth-order valence-corrected chi connectivity index (χ4v) is 3.59. The molecule has 0 radical (unpaired) electrons. The molecule has 0 saturated carbocycles. The molecule has 0 aliphatic rings. The minimum absolute atomic E-state index is 0.0743. The van der Waals surface area contributed by atoms with Crippen molar-refractivity contribution in [3.63, 3.8) is 0 Å². The molecule has 5 nitrogen and oxygen atoms in total. The lowest BCUT2D eigenvalue weighted by molar-refractivity contribution is -0.128. The van der Waals surface area contributed by atoms with Gasteiger partial charge in [0, 0.05) is 18.0 Å². The number of fused-ring (bicyclic) bond motifs is 1. The van der Waals surface area contributed by atoms with Gasteiger partial charge in [0.1, 0.15) is 17.0 Å². The highest BCUT2D eigenvalue weighted by molar-refractivity contribution is 7.21. The van der Waals surface area contributed by atoms with Gasteiger partial charge in [-0.25, -0.2) is 9.97 Å². The highest BCUT2D eigenvalue weighted by Crippen LogP contribution is 2.34. The smallest absolute Gasteiger partial charge is 0.241 e. The number of thiophene rings is 1. The fourth-order valence-electron chi connectivity index (χ4n) is 2.59. The number of carbonyl (C=O) groups excluding carboxylic acids is 1. The maximum Gasteiger partial charge on any atom is 0.241 e. The monoisotopic (exact) mass is 340 g/mol. The van der Waals surface area contributed by atoms with Gasteiger partial charge in [0.05, 0.1) is 11.9 Å². The third-order valence-corrected chi connectivity index (χ3v) is 5.00. The number of carbonyl (C=O) groups is 1. The van der Waals surface area contributed by atoms with E-state index in [1.54, 1.807) is 16.2 Å². The molecule has 2 aromatic heterocycles. The molecule has 0 aliphatic heterocycles. The molecule has 0 bridgehead atoms. The molecule has 0 unspecified atom stereocenters. The standard InChI is InChI=1S/C18H20N4OS/c1-3-22(4-2)16(23)11-19-17-14-10-15(13-8-6-5-7-9-13)24-18(14)21-12-20-17/h5-10,12H,3-4,11H2,1-2H3,(H,19,20,21). The summed E-state index contributed by atoms with van der Waals surface area (Å²) in [5.41, 5.74) is 1.16. The maximum absolute atomic E-state index is 12.2. The zero-order valence-electron chi connectivity index (χ0n) is 13.8. The number of anilines is 1. The van der Waals surface area contributed by atoms with Crippen LogP contribution in [0.3, 0.4) is 0 Å². The Morgan fingerprint density at radius 3 is 2.62 bits per heavy atom. The van der Waals surface area contributed by atoms with Crippen LogP contribution in [0.25, 0.3) is 20.7 Å². The molecule has 2 heterocycles. The van der Waals surface area contributed by atoms with Gasteiger partial charge < -0.3 is 10.2 Å². The molecule has 1 amide bonds. The van der Waals surface area contributed by atoms with Crippen molar-refractivity contribution in [3.8, 4) is 10.4 Å². The first kappa shape index (κ1) is 16.4. The highest BCUT2D eigenvalue weighted by Gasteiger charge is 2.13. The van der Waals surface area contributed by atoms with Gasteiger partial charge >= 0.3 is 0 Å². The second kappa shape index (κ2) is 7.40. The Kier molecular flexibility index (Phi) is 5.05. The summed E-state index contributed by atoms with van der Waals surface area (Å²) in [6, 6.07) is 12.3. The van der Waals surface area contributed by atoms with E-state index in [0.717, 1.165) is 20.7 Å². The zero-order valence-corrected chi connectivity index (χ0v) is 14.6. The van der Waals surface area contributed by atoms with E-state index >= 15 is 0 Å². The lowest BCUT2D eigenvalue weighted by Crippen LogP contribution is -2.35. The second-order valence-corrected chi connectivity index (χ2v) is 6.37. The summed E-state index contributed by atoms with van der Waals surface area (Å²) in [6.07, 6.45) is 1.54. The third-order valence-electron chi connectivity index (χ3n) is 3.91. The molecule has 1 aromatic carbocycles. The predicted octanol–water partition coefficient (Wildman–Crippen LogP) is 3.64. The molecule has 0 saturated heterocycles. The van der Waals surface area contributed by atoms with Crippen LogP contribution >= 0.6 is 11.3 Å². The summed E-state index contributed by atoms with van der Waals surface area (Å²) in [7, 11) is 0. The van der Waals surface area contributed by atoms with E-state index in [1.165, 1.54) is 6.33 Å². The summed E-state index contributed by atoms with van der Waals surface area (Å²) >= 11 is 1.63. The quantitative estimate of drug-likeness (QED) is 0.744. The van der Waals surface area contributed by atoms with Gasteiger partial charge in [0.15, 0.2) is 0 Å². The van der Waals surface area contributed by atoms with Gasteiger partial charge in [0.2, 0.25) is 5.91 Å². The number of hydrogen-bond donors (Lipinski definition) is 1. The lowest BCUT2D eigenvalue weighted by atomic mass is 10.2. The number of hydrogen-bond acceptors (Lipinski definition) is 5. The van der Waals surface area contributed by atoms with E-state index in [4.69, 9.17) is 0 Å². The fraction of sp³-hybridized carbons (Fsp3) is 0.278. The van der Waals surface area contributed by atoms with Gasteiger partial charge in [-0.1, -0.05) is 30.3 Å². The van der Waals surface area contributed by atoms with Crippen LogP contribution < -0.4 is 5.32 Å². The van der Waals surface area contributed by atoms with Crippen molar-refractivity contribution in [2.24, 2.45) is 0 Å². The number of nitrogens with zero attached hydrogens (tertiary/aromatic N) is 3. The summed E-state index contributed by atoms with van der Waals surface area (Å²) in [6.45, 7) is 5.63. The van der Waals surface area contributed by atoms with Crippen LogP contribution in [0.1, 0.15) is 13.8 Å². The van der Waals surface area contributed by atoms with E-state index in [-0.39, 0.29) is 12.5 Å². The van der Waals surface area contributed by atoms with Crippen LogP contribution in [0.2, 0.25) is 0 Å². The molecule has 3 rings (SSSR count). The summed E-state index contributed by atoms with van der Waals surface area (Å²) < 4.78 is 0. The molecule has 124 valence electrons. The van der Waals surface area contributed by atoms with E-state index in [0.29, 0.717) is 18.9 Å². The minimum Gasteiger partial charge on any atom is -0.360 e. The van der Waals surface area contributed by atoms with Crippen molar-refractivity contribution in [3.05, 3.63) is 42.7 Å². The van der Waals surface area contributed by atoms with E-state index < -0.39 is 0 Å². The Morgan fingerprint density at radius 2 is 1.92 bits per heavy atom. The van der Waals surface area contributed by atoms with E-state index in [9.17, 15) is 4.79 Å². The first-order valence-electron chi connectivity index (χ1n) is 8.04. The van der Waals surface area contributed by atoms with Crippen LogP contribution in [-0.2, 0) is 4.79 Å². The van der Waals surface area contributed by atoms with Crippen LogP contribution in [0, 0.1) is 0 Å². The van der Waals surface area contributed by atoms with Gasteiger partial charge in [-0.2, -0.15) is 0 Å². The van der Waals surface area contributed by atoms with Crippen molar-refractivity contribution in [2.45, 2.75) is 13.8 Å². The molecule has 0 spiro atoms. The van der Waals surface area contributed by atoms with E-state index in [1.807, 2.05) is 32.0 Å². The molecule has 24 heavy (non-hydrogen) atoms. The number of aromatic nitrogens is 2. The average molecular weight is 340 g/mol. The largest absolute Gasteiger partial charge is 0.360 e. The summed E-state index contributed by atoms with van der Waals surface area (Å²) in [4.78, 5) is 24.7. The summed E-state index contributed by atoms with van der Waals surface area (Å²) in [5, 5.41) is 4.12. The van der Waals surface area contributed by atoms with Crippen molar-refractivity contribution in [2.75, 3.05) is 25.0 Å². The normalized spacial score (nSPS) is 10.8. The van der Waals surface area contributed by atoms with Crippen molar-refractivity contribution in [1.82, 2.24) is 14.9 Å². The van der Waals surface area contributed by atoms with E-state index in [2.05, 4.69) is 33.5 Å². The molecular weight excluding hydrogens is 320 g/mol. The van der Waals surface area contributed by atoms with Crippen LogP contribution in [0.4, 0.5) is 5.82 Å². The molecular formula is C18H20N4OS. The Balaban J connectivity index is 1.84. The SMILES string of the molecule is CCN(CC)C(=O)CNc1ncnc2sc(-c3ccccc3)cc12. The van der Waals surface area contributed by atoms with Gasteiger partial charge in [-0.3, -0.25) is 4.79 Å². The first-order chi connectivity index (χ1) is 11.7. The Bertz CT molecular complexity index is 827. The highest BCUT2D eigenvalue weighted by atomic mass is 32.1. The topological polar surface area (TPSA) is 58.1 Å². The number of amides is 1. The van der Waals surface area contributed by atoms with Crippen LogP contribution in [-0.4, -0.2) is 40.4 Å². The van der Waals surface area contributed by atoms with Gasteiger partial charge in [-0.15, -0.1) is 11.3 Å². The number of likely N-dealkylation sites (N-methyl/N-ethyl adjacent to an activating group) is 1. The minimum atomic E-state index is 0.0743. The Hall–Kier alpha value is -2.47. The molecule has 3 aromatic rings. The maximum atomic E-state index is 12.2. The predicted molar refractivity (Wildman–Crippen MR) is 99.3 cm³/mol. The van der Waals surface area contributed by atoms with Crippen LogP contribution in [0.15, 0.2) is 42.7 Å². The Labute approximate surface area is 145 Å². The van der Waals surface area contributed by atoms with Crippen molar-refractivity contribution in [1.29, 1.82) is 0 Å². The van der Waals surface area contributed by atoms with Gasteiger partial charge in [0.25, 0.3) is 0 Å². The molecule has 0 fully saturated rings. The Morgan fingerprint density at radius 1 is 1.17 bits per heavy atom. The molecule has 0 aliphatic carbocycles. The zero-order chi connectivity index (χ0) is 16.9. The average Bonchev–Trinajstić information content (AvgIpc) is 3.06. The van der Waals surface area contributed by atoms with Gasteiger partial charge in [-0.05, 0) is 25.5 Å². The van der Waals surface area contributed by atoms with Crippen molar-refractivity contribution >= 4 is 33.3 Å². The molecule has 0 atom stereocenters. The number of benzene rings is 1. The lowest BCUT2D eigenvalue weighted by Gasteiger charge is -2.18. The summed E-state index contributed by atoms with van der Waals surface area (Å²) in [5.74, 6) is 0.782. The van der Waals surface area contributed by atoms with Crippen molar-refractivity contribution < 1.29 is 4.79 Å². The second-order valence-electron chi connectivity index (χ2n) is 5.34.